The molecule has 0 aromatic heterocycles. The van der Waals surface area contributed by atoms with E-state index >= 15 is 0 Å². The van der Waals surface area contributed by atoms with Crippen LogP contribution in [0.5, 0.6) is 0 Å². The molecule has 1 saturated heterocycles. The molecule has 1 heterocycles. The minimum atomic E-state index is -0.0434. The molecule has 0 aromatic carbocycles. The summed E-state index contributed by atoms with van der Waals surface area (Å²) in [5.74, 6) is 0. The molecule has 0 bridgehead atoms. The third kappa shape index (κ3) is 3.64. The van der Waals surface area contributed by atoms with Crippen LogP contribution in [0.1, 0.15) is 26.7 Å². The van der Waals surface area contributed by atoms with Crippen molar-refractivity contribution in [3.05, 3.63) is 13.2 Å². The monoisotopic (exact) mass is 144 g/mol. The van der Waals surface area contributed by atoms with E-state index < -0.39 is 0 Å². The molecule has 2 nitrogen and oxygen atoms in total. The van der Waals surface area contributed by atoms with Gasteiger partial charge < -0.3 is 0 Å². The molecule has 2 heteroatoms. The van der Waals surface area contributed by atoms with E-state index in [9.17, 15) is 0 Å². The predicted molar refractivity (Wildman–Crippen MR) is 41.6 cm³/mol. The molecule has 10 heavy (non-hydrogen) atoms. The molecular formula is C8H16O2. The molecule has 0 aromatic rings. The molecule has 0 saturated carbocycles. The molecule has 60 valence electrons. The molecule has 0 unspecified atom stereocenters. The highest BCUT2D eigenvalue weighted by molar-refractivity contribution is 4.67. The Morgan fingerprint density at radius 1 is 1.30 bits per heavy atom. The van der Waals surface area contributed by atoms with Gasteiger partial charge in [-0.2, -0.15) is 0 Å². The van der Waals surface area contributed by atoms with Crippen LogP contribution in [0.2, 0.25) is 0 Å². The largest absolute Gasteiger partial charge is 0.236 e. The molecule has 1 fully saturated rings. The topological polar surface area (TPSA) is 18.5 Å². The van der Waals surface area contributed by atoms with Crippen LogP contribution in [0.4, 0.5) is 0 Å². The van der Waals surface area contributed by atoms with E-state index in [1.165, 1.54) is 0 Å². The lowest BCUT2D eigenvalue weighted by Crippen LogP contribution is -2.29. The standard InChI is InChI=1S/C6H12O2.C2H4/c1-6(2)4-3-5-7-8-6;1-2/h3-5H2,1-2H3;1-2H2. The number of hydrogen-bond donors (Lipinski definition) is 0. The summed E-state index contributed by atoms with van der Waals surface area (Å²) in [6.45, 7) is 10.8. The van der Waals surface area contributed by atoms with E-state index in [1.54, 1.807) is 0 Å². The van der Waals surface area contributed by atoms with E-state index in [0.29, 0.717) is 0 Å². The van der Waals surface area contributed by atoms with E-state index in [-0.39, 0.29) is 5.60 Å². The van der Waals surface area contributed by atoms with Gasteiger partial charge in [0.25, 0.3) is 0 Å². The van der Waals surface area contributed by atoms with E-state index in [2.05, 4.69) is 13.2 Å². The molecule has 0 amide bonds. The van der Waals surface area contributed by atoms with Gasteiger partial charge >= 0.3 is 0 Å². The van der Waals surface area contributed by atoms with Crippen molar-refractivity contribution in [2.24, 2.45) is 0 Å². The summed E-state index contributed by atoms with van der Waals surface area (Å²) < 4.78 is 0. The van der Waals surface area contributed by atoms with Gasteiger partial charge in [0.15, 0.2) is 0 Å². The molecular weight excluding hydrogens is 128 g/mol. The van der Waals surface area contributed by atoms with Gasteiger partial charge in [0.05, 0.1) is 12.2 Å². The van der Waals surface area contributed by atoms with Gasteiger partial charge in [-0.05, 0) is 26.7 Å². The quantitative estimate of drug-likeness (QED) is 0.383. The molecule has 0 aliphatic carbocycles. The van der Waals surface area contributed by atoms with Crippen LogP contribution in [0.3, 0.4) is 0 Å². The molecule has 1 rings (SSSR count). The maximum absolute atomic E-state index is 4.97. The Hall–Kier alpha value is -0.340. The Morgan fingerprint density at radius 3 is 2.10 bits per heavy atom. The van der Waals surface area contributed by atoms with Gasteiger partial charge in [0, 0.05) is 0 Å². The Bertz CT molecular complexity index is 81.3. The van der Waals surface area contributed by atoms with Crippen molar-refractivity contribution in [3.8, 4) is 0 Å². The summed E-state index contributed by atoms with van der Waals surface area (Å²) in [7, 11) is 0. The molecule has 0 radical (unpaired) electrons. The van der Waals surface area contributed by atoms with Crippen molar-refractivity contribution < 1.29 is 9.78 Å². The van der Waals surface area contributed by atoms with E-state index in [0.717, 1.165) is 19.4 Å². The Morgan fingerprint density at radius 2 is 1.90 bits per heavy atom. The van der Waals surface area contributed by atoms with Crippen LogP contribution >= 0.6 is 0 Å². The Kier molecular flexibility index (Phi) is 4.32. The molecule has 1 aliphatic heterocycles. The smallest absolute Gasteiger partial charge is 0.0980 e. The van der Waals surface area contributed by atoms with E-state index in [1.807, 2.05) is 13.8 Å². The van der Waals surface area contributed by atoms with Gasteiger partial charge in [0.1, 0.15) is 0 Å². The van der Waals surface area contributed by atoms with Crippen LogP contribution in [0.15, 0.2) is 13.2 Å². The minimum Gasteiger partial charge on any atom is -0.236 e. The van der Waals surface area contributed by atoms with Gasteiger partial charge in [-0.3, -0.25) is 0 Å². The second kappa shape index (κ2) is 4.47. The van der Waals surface area contributed by atoms with Gasteiger partial charge in [-0.25, -0.2) is 9.78 Å². The second-order valence-corrected chi connectivity index (χ2v) is 2.77. The number of hydrogen-bond acceptors (Lipinski definition) is 2. The lowest BCUT2D eigenvalue weighted by atomic mass is 10.0. The normalized spacial score (nSPS) is 22.6. The van der Waals surface area contributed by atoms with Crippen molar-refractivity contribution in [2.75, 3.05) is 6.61 Å². The highest BCUT2D eigenvalue weighted by Gasteiger charge is 2.22. The first-order chi connectivity index (χ1) is 4.71. The average Bonchev–Trinajstić information content (AvgIpc) is 1.92. The molecule has 0 N–H and O–H groups in total. The summed E-state index contributed by atoms with van der Waals surface area (Å²) in [5, 5.41) is 0. The Balaban J connectivity index is 0.000000371. The Labute approximate surface area is 62.8 Å². The zero-order valence-electron chi connectivity index (χ0n) is 6.85. The van der Waals surface area contributed by atoms with Crippen molar-refractivity contribution in [1.82, 2.24) is 0 Å². The summed E-state index contributed by atoms with van der Waals surface area (Å²) in [4.78, 5) is 9.75. The van der Waals surface area contributed by atoms with Gasteiger partial charge in [-0.15, -0.1) is 13.2 Å². The molecule has 1 aliphatic rings. The highest BCUT2D eigenvalue weighted by Crippen LogP contribution is 2.20. The van der Waals surface area contributed by atoms with Crippen LogP contribution in [-0.4, -0.2) is 12.2 Å². The van der Waals surface area contributed by atoms with Crippen LogP contribution in [0.25, 0.3) is 0 Å². The van der Waals surface area contributed by atoms with Crippen molar-refractivity contribution in [3.63, 3.8) is 0 Å². The molecule has 0 spiro atoms. The fraction of sp³-hybridized carbons (Fsp3) is 0.750. The maximum atomic E-state index is 4.97. The second-order valence-electron chi connectivity index (χ2n) is 2.77. The molecule has 0 atom stereocenters. The van der Waals surface area contributed by atoms with Gasteiger partial charge in [0.2, 0.25) is 0 Å². The van der Waals surface area contributed by atoms with Crippen LogP contribution in [0, 0.1) is 0 Å². The van der Waals surface area contributed by atoms with E-state index in [4.69, 9.17) is 9.78 Å². The fourth-order valence-corrected chi connectivity index (χ4v) is 0.800. The average molecular weight is 144 g/mol. The SMILES string of the molecule is C=C.CC1(C)CCCOO1. The highest BCUT2D eigenvalue weighted by atomic mass is 17.2. The fourth-order valence-electron chi connectivity index (χ4n) is 0.800. The first kappa shape index (κ1) is 9.66. The minimum absolute atomic E-state index is 0.0434. The van der Waals surface area contributed by atoms with Gasteiger partial charge in [-0.1, -0.05) is 0 Å². The number of rotatable bonds is 0. The summed E-state index contributed by atoms with van der Waals surface area (Å²) in [6, 6.07) is 0. The third-order valence-corrected chi connectivity index (χ3v) is 1.29. The van der Waals surface area contributed by atoms with Crippen molar-refractivity contribution in [2.45, 2.75) is 32.3 Å². The lowest BCUT2D eigenvalue weighted by molar-refractivity contribution is -0.374. The summed E-state index contributed by atoms with van der Waals surface area (Å²) >= 11 is 0. The summed E-state index contributed by atoms with van der Waals surface area (Å²) in [5.41, 5.74) is -0.0434. The lowest BCUT2D eigenvalue weighted by Gasteiger charge is -2.27. The van der Waals surface area contributed by atoms with Crippen molar-refractivity contribution >= 4 is 0 Å². The van der Waals surface area contributed by atoms with Crippen molar-refractivity contribution in [1.29, 1.82) is 0 Å². The maximum Gasteiger partial charge on any atom is 0.0980 e. The van der Waals surface area contributed by atoms with Crippen LogP contribution in [-0.2, 0) is 9.78 Å². The zero-order valence-corrected chi connectivity index (χ0v) is 6.85. The summed E-state index contributed by atoms with van der Waals surface area (Å²) in [6.07, 6.45) is 2.22. The first-order valence-electron chi connectivity index (χ1n) is 3.51. The first-order valence-corrected chi connectivity index (χ1v) is 3.51. The zero-order chi connectivity index (χ0) is 8.04. The van der Waals surface area contributed by atoms with Crippen LogP contribution < -0.4 is 0 Å². The third-order valence-electron chi connectivity index (χ3n) is 1.29. The predicted octanol–water partition coefficient (Wildman–Crippen LogP) is 2.31.